The average molecular weight is 441 g/mol. The predicted octanol–water partition coefficient (Wildman–Crippen LogP) is 3.07. The first-order valence-corrected chi connectivity index (χ1v) is 10.3. The van der Waals surface area contributed by atoms with Crippen LogP contribution in [0.2, 0.25) is 0 Å². The van der Waals surface area contributed by atoms with E-state index in [1.807, 2.05) is 37.3 Å². The molecule has 1 amide bonds. The number of aromatic nitrogens is 4. The van der Waals surface area contributed by atoms with Crippen molar-refractivity contribution in [3.05, 3.63) is 54.1 Å². The molecule has 0 aliphatic heterocycles. The van der Waals surface area contributed by atoms with E-state index in [4.69, 9.17) is 0 Å². The molecule has 1 aliphatic carbocycles. The Morgan fingerprint density at radius 2 is 2.09 bits per heavy atom. The van der Waals surface area contributed by atoms with Crippen molar-refractivity contribution in [1.82, 2.24) is 25.1 Å². The Morgan fingerprint density at radius 1 is 1.28 bits per heavy atom. The summed E-state index contributed by atoms with van der Waals surface area (Å²) < 4.78 is 27.8. The lowest BCUT2D eigenvalue weighted by atomic mass is 10.0. The fraction of sp³-hybridized carbons (Fsp3) is 0.364. The van der Waals surface area contributed by atoms with Crippen LogP contribution in [0, 0.1) is 12.8 Å². The smallest absolute Gasteiger partial charge is 0.253 e. The molecule has 2 aromatic heterocycles. The third-order valence-corrected chi connectivity index (χ3v) is 5.47. The number of carbonyl (C=O) groups is 1. The van der Waals surface area contributed by atoms with Gasteiger partial charge in [0.15, 0.2) is 0 Å². The van der Waals surface area contributed by atoms with Crippen LogP contribution in [0.4, 0.5) is 20.3 Å². The minimum absolute atomic E-state index is 0.0677. The number of carbonyl (C=O) groups excluding carboxylic acids is 1. The molecule has 3 aromatic rings. The monoisotopic (exact) mass is 441 g/mol. The predicted molar refractivity (Wildman–Crippen MR) is 117 cm³/mol. The number of nitrogens with one attached hydrogen (secondary N) is 3. The van der Waals surface area contributed by atoms with E-state index in [-0.39, 0.29) is 25.4 Å². The summed E-state index contributed by atoms with van der Waals surface area (Å²) in [6.07, 6.45) is 2.80. The standard InChI is InChI=1S/C22H25F2N7O/c1-14-3-4-15(9-28-20(32)11-31-13-26-12-29-31)7-17(14)18-5-6-19(21(25-2)30-18)27-10-16-8-22(16,23)24/h3-7,12-13,16,27H,8-11H2,1-2H3,(H,25,30)(H,28,32). The lowest BCUT2D eigenvalue weighted by Crippen LogP contribution is -2.27. The van der Waals surface area contributed by atoms with Gasteiger partial charge in [0.05, 0.1) is 11.4 Å². The van der Waals surface area contributed by atoms with Gasteiger partial charge in [0.1, 0.15) is 25.0 Å². The zero-order chi connectivity index (χ0) is 22.7. The number of hydrogen-bond donors (Lipinski definition) is 3. The van der Waals surface area contributed by atoms with Gasteiger partial charge in [-0.25, -0.2) is 23.4 Å². The van der Waals surface area contributed by atoms with Crippen LogP contribution in [0.15, 0.2) is 43.0 Å². The highest BCUT2D eigenvalue weighted by Crippen LogP contribution is 2.48. The zero-order valence-corrected chi connectivity index (χ0v) is 17.9. The normalized spacial score (nSPS) is 16.4. The second-order valence-corrected chi connectivity index (χ2v) is 7.90. The Hall–Kier alpha value is -3.56. The van der Waals surface area contributed by atoms with Gasteiger partial charge in [-0.15, -0.1) is 0 Å². The number of nitrogens with zero attached hydrogens (tertiary/aromatic N) is 4. The van der Waals surface area contributed by atoms with Crippen LogP contribution in [-0.2, 0) is 17.9 Å². The van der Waals surface area contributed by atoms with E-state index in [1.54, 1.807) is 7.05 Å². The van der Waals surface area contributed by atoms with Crippen molar-refractivity contribution in [2.75, 3.05) is 24.2 Å². The molecule has 1 saturated carbocycles. The lowest BCUT2D eigenvalue weighted by Gasteiger charge is -2.14. The summed E-state index contributed by atoms with van der Waals surface area (Å²) in [6, 6.07) is 9.64. The average Bonchev–Trinajstić information content (AvgIpc) is 3.12. The third-order valence-electron chi connectivity index (χ3n) is 5.47. The van der Waals surface area contributed by atoms with E-state index in [9.17, 15) is 13.6 Å². The van der Waals surface area contributed by atoms with Gasteiger partial charge in [-0.2, -0.15) is 5.10 Å². The quantitative estimate of drug-likeness (QED) is 0.472. The minimum atomic E-state index is -2.55. The lowest BCUT2D eigenvalue weighted by molar-refractivity contribution is -0.122. The summed E-state index contributed by atoms with van der Waals surface area (Å²) in [7, 11) is 1.75. The van der Waals surface area contributed by atoms with Crippen molar-refractivity contribution in [2.45, 2.75) is 32.4 Å². The van der Waals surface area contributed by atoms with Crippen LogP contribution in [0.25, 0.3) is 11.3 Å². The molecule has 0 saturated heterocycles. The molecule has 3 N–H and O–H groups in total. The van der Waals surface area contributed by atoms with Gasteiger partial charge in [0.2, 0.25) is 5.91 Å². The van der Waals surface area contributed by atoms with Gasteiger partial charge < -0.3 is 16.0 Å². The van der Waals surface area contributed by atoms with Crippen molar-refractivity contribution < 1.29 is 13.6 Å². The van der Waals surface area contributed by atoms with Crippen molar-refractivity contribution in [2.24, 2.45) is 5.92 Å². The number of halogens is 2. The molecule has 168 valence electrons. The summed E-state index contributed by atoms with van der Waals surface area (Å²) >= 11 is 0. The number of pyridine rings is 1. The van der Waals surface area contributed by atoms with E-state index in [0.29, 0.717) is 18.1 Å². The Bertz CT molecular complexity index is 1100. The number of alkyl halides is 2. The molecule has 4 rings (SSSR count). The van der Waals surface area contributed by atoms with Gasteiger partial charge in [-0.3, -0.25) is 4.79 Å². The molecular formula is C22H25F2N7O. The highest BCUT2D eigenvalue weighted by molar-refractivity contribution is 5.76. The maximum absolute atomic E-state index is 13.2. The maximum Gasteiger partial charge on any atom is 0.253 e. The molecular weight excluding hydrogens is 416 g/mol. The largest absolute Gasteiger partial charge is 0.382 e. The maximum atomic E-state index is 13.2. The molecule has 1 aromatic carbocycles. The molecule has 1 unspecified atom stereocenters. The highest BCUT2D eigenvalue weighted by atomic mass is 19.3. The Labute approximate surface area is 184 Å². The van der Waals surface area contributed by atoms with Crippen LogP contribution in [0.3, 0.4) is 0 Å². The number of amides is 1. The van der Waals surface area contributed by atoms with E-state index in [1.165, 1.54) is 17.3 Å². The van der Waals surface area contributed by atoms with Crippen molar-refractivity contribution in [1.29, 1.82) is 0 Å². The van der Waals surface area contributed by atoms with Crippen LogP contribution < -0.4 is 16.0 Å². The first-order chi connectivity index (χ1) is 15.4. The SMILES string of the molecule is CNc1nc(-c2cc(CNC(=O)Cn3cncn3)ccc2C)ccc1NCC1CC1(F)F. The van der Waals surface area contributed by atoms with E-state index in [0.717, 1.165) is 22.4 Å². The second-order valence-electron chi connectivity index (χ2n) is 7.90. The molecule has 32 heavy (non-hydrogen) atoms. The molecule has 1 aliphatic rings. The fourth-order valence-electron chi connectivity index (χ4n) is 3.44. The van der Waals surface area contributed by atoms with Gasteiger partial charge in [-0.05, 0) is 36.2 Å². The van der Waals surface area contributed by atoms with Crippen molar-refractivity contribution in [3.8, 4) is 11.3 Å². The molecule has 10 heteroatoms. The van der Waals surface area contributed by atoms with Gasteiger partial charge in [0, 0.05) is 38.0 Å². The number of hydrogen-bond acceptors (Lipinski definition) is 6. The molecule has 1 atom stereocenters. The summed E-state index contributed by atoms with van der Waals surface area (Å²) in [5, 5.41) is 12.9. The number of anilines is 2. The second kappa shape index (κ2) is 8.89. The first kappa shape index (κ1) is 21.7. The highest BCUT2D eigenvalue weighted by Gasteiger charge is 2.56. The van der Waals surface area contributed by atoms with Crippen LogP contribution in [0.5, 0.6) is 0 Å². The minimum Gasteiger partial charge on any atom is -0.382 e. The summed E-state index contributed by atoms with van der Waals surface area (Å²) in [5.74, 6) is -2.74. The van der Waals surface area contributed by atoms with Crippen molar-refractivity contribution >= 4 is 17.4 Å². The summed E-state index contributed by atoms with van der Waals surface area (Å²) in [6.45, 7) is 2.68. The molecule has 0 bridgehead atoms. The Balaban J connectivity index is 1.44. The van der Waals surface area contributed by atoms with Gasteiger partial charge in [0.25, 0.3) is 5.92 Å². The zero-order valence-electron chi connectivity index (χ0n) is 17.9. The Morgan fingerprint density at radius 3 is 2.78 bits per heavy atom. The molecule has 0 spiro atoms. The molecule has 8 nitrogen and oxygen atoms in total. The van der Waals surface area contributed by atoms with Crippen molar-refractivity contribution in [3.63, 3.8) is 0 Å². The summed E-state index contributed by atoms with van der Waals surface area (Å²) in [4.78, 5) is 20.6. The fourth-order valence-corrected chi connectivity index (χ4v) is 3.44. The molecule has 0 radical (unpaired) electrons. The molecule has 1 fully saturated rings. The van der Waals surface area contributed by atoms with Crippen LogP contribution in [0.1, 0.15) is 17.5 Å². The van der Waals surface area contributed by atoms with Gasteiger partial charge >= 0.3 is 0 Å². The van der Waals surface area contributed by atoms with Crippen LogP contribution >= 0.6 is 0 Å². The van der Waals surface area contributed by atoms with E-state index in [2.05, 4.69) is 31.0 Å². The van der Waals surface area contributed by atoms with Gasteiger partial charge in [-0.1, -0.05) is 12.1 Å². The van der Waals surface area contributed by atoms with Crippen LogP contribution in [-0.4, -0.2) is 45.2 Å². The summed E-state index contributed by atoms with van der Waals surface area (Å²) in [5.41, 5.74) is 4.35. The first-order valence-electron chi connectivity index (χ1n) is 10.3. The Kier molecular flexibility index (Phi) is 6.02. The number of aryl methyl sites for hydroxylation is 1. The van der Waals surface area contributed by atoms with E-state index >= 15 is 0 Å². The van der Waals surface area contributed by atoms with E-state index < -0.39 is 11.8 Å². The number of rotatable bonds is 9. The number of benzene rings is 1. The molecule has 2 heterocycles. The third kappa shape index (κ3) is 5.01. The topological polar surface area (TPSA) is 96.8 Å².